The Kier molecular flexibility index (Phi) is 4.11. The molecule has 0 saturated carbocycles. The van der Waals surface area contributed by atoms with Gasteiger partial charge in [-0.3, -0.25) is 0 Å². The Morgan fingerprint density at radius 1 is 1.04 bits per heavy atom. The topological polar surface area (TPSA) is 82.9 Å². The highest BCUT2D eigenvalue weighted by Gasteiger charge is 2.18. The van der Waals surface area contributed by atoms with Crippen molar-refractivity contribution in [2.75, 3.05) is 5.73 Å². The molecule has 0 fully saturated rings. The number of nitrogens with two attached hydrogens (primary N) is 1. The first-order valence-electron chi connectivity index (χ1n) is 7.26. The van der Waals surface area contributed by atoms with E-state index in [1.807, 2.05) is 19.1 Å². The number of rotatable bonds is 2. The number of phenols is 1. The predicted molar refractivity (Wildman–Crippen MR) is 95.6 cm³/mol. The molecule has 3 rings (SSSR count). The Bertz CT molecular complexity index is 942. The van der Waals surface area contributed by atoms with Crippen molar-refractivity contribution in [3.8, 4) is 34.2 Å². The van der Waals surface area contributed by atoms with Gasteiger partial charge in [-0.15, -0.1) is 0 Å². The van der Waals surface area contributed by atoms with Crippen LogP contribution in [0.2, 0.25) is 5.02 Å². The maximum absolute atomic E-state index is 9.50. The monoisotopic (exact) mass is 335 g/mol. The van der Waals surface area contributed by atoms with Crippen LogP contribution >= 0.6 is 11.6 Å². The van der Waals surface area contributed by atoms with E-state index in [0.717, 1.165) is 22.3 Å². The second-order valence-electron chi connectivity index (χ2n) is 5.39. The van der Waals surface area contributed by atoms with Gasteiger partial charge in [0.05, 0.1) is 5.69 Å². The largest absolute Gasteiger partial charge is 0.508 e. The lowest BCUT2D eigenvalue weighted by molar-refractivity contribution is 0.475. The lowest BCUT2D eigenvalue weighted by atomic mass is 9.93. The van der Waals surface area contributed by atoms with Gasteiger partial charge in [-0.2, -0.15) is 5.26 Å². The standard InChI is InChI=1S/C19H14ClN3O/c1-11-17(12-4-8-15(24)9-5-12)16(10-21)19(22)23-18(11)13-2-6-14(20)7-3-13/h2-9,24H,1H3,(H2,22,23). The van der Waals surface area contributed by atoms with Crippen LogP contribution in [-0.4, -0.2) is 10.1 Å². The van der Waals surface area contributed by atoms with Crippen molar-refractivity contribution in [1.29, 1.82) is 5.26 Å². The number of phenolic OH excluding ortho intramolecular Hbond substituents is 1. The molecule has 0 amide bonds. The summed E-state index contributed by atoms with van der Waals surface area (Å²) >= 11 is 5.95. The SMILES string of the molecule is Cc1c(-c2ccc(Cl)cc2)nc(N)c(C#N)c1-c1ccc(O)cc1. The molecule has 0 aliphatic rings. The van der Waals surface area contributed by atoms with Gasteiger partial charge in [-0.05, 0) is 42.3 Å². The molecule has 0 aliphatic heterocycles. The Morgan fingerprint density at radius 3 is 2.21 bits per heavy atom. The number of nitrogens with zero attached hydrogens (tertiary/aromatic N) is 2. The normalized spacial score (nSPS) is 10.4. The average Bonchev–Trinajstić information content (AvgIpc) is 2.58. The average molecular weight is 336 g/mol. The molecule has 24 heavy (non-hydrogen) atoms. The zero-order valence-electron chi connectivity index (χ0n) is 12.9. The van der Waals surface area contributed by atoms with Crippen LogP contribution in [0.15, 0.2) is 48.5 Å². The summed E-state index contributed by atoms with van der Waals surface area (Å²) in [5.41, 5.74) is 10.3. The van der Waals surface area contributed by atoms with Crippen molar-refractivity contribution in [2.24, 2.45) is 0 Å². The quantitative estimate of drug-likeness (QED) is 0.720. The Hall–Kier alpha value is -3.03. The maximum Gasteiger partial charge on any atom is 0.142 e. The molecule has 0 spiro atoms. The fourth-order valence-corrected chi connectivity index (χ4v) is 2.81. The molecule has 3 aromatic rings. The molecule has 1 heterocycles. The van der Waals surface area contributed by atoms with Crippen LogP contribution in [0.1, 0.15) is 11.1 Å². The summed E-state index contributed by atoms with van der Waals surface area (Å²) in [6.45, 7) is 1.90. The van der Waals surface area contributed by atoms with E-state index in [1.165, 1.54) is 0 Å². The van der Waals surface area contributed by atoms with Crippen molar-refractivity contribution >= 4 is 17.4 Å². The molecule has 5 heteroatoms. The summed E-state index contributed by atoms with van der Waals surface area (Å²) in [7, 11) is 0. The van der Waals surface area contributed by atoms with E-state index < -0.39 is 0 Å². The van der Waals surface area contributed by atoms with E-state index in [9.17, 15) is 10.4 Å². The van der Waals surface area contributed by atoms with Gasteiger partial charge in [0.2, 0.25) is 0 Å². The highest BCUT2D eigenvalue weighted by atomic mass is 35.5. The minimum Gasteiger partial charge on any atom is -0.508 e. The number of aromatic nitrogens is 1. The molecule has 0 unspecified atom stereocenters. The number of benzene rings is 2. The summed E-state index contributed by atoms with van der Waals surface area (Å²) < 4.78 is 0. The van der Waals surface area contributed by atoms with Crippen LogP contribution in [0.25, 0.3) is 22.4 Å². The molecule has 1 aromatic heterocycles. The molecule has 3 N–H and O–H groups in total. The second-order valence-corrected chi connectivity index (χ2v) is 5.82. The number of pyridine rings is 1. The van der Waals surface area contributed by atoms with E-state index in [-0.39, 0.29) is 11.6 Å². The highest BCUT2D eigenvalue weighted by molar-refractivity contribution is 6.30. The summed E-state index contributed by atoms with van der Waals surface area (Å²) in [5, 5.41) is 19.6. The third kappa shape index (κ3) is 2.78. The number of aromatic hydroxyl groups is 1. The number of nitrogen functional groups attached to an aromatic ring is 1. The van der Waals surface area contributed by atoms with E-state index in [0.29, 0.717) is 16.3 Å². The first-order chi connectivity index (χ1) is 11.5. The summed E-state index contributed by atoms with van der Waals surface area (Å²) in [6, 6.07) is 16.1. The summed E-state index contributed by atoms with van der Waals surface area (Å²) in [4.78, 5) is 4.41. The van der Waals surface area contributed by atoms with Crippen molar-refractivity contribution in [3.63, 3.8) is 0 Å². The number of hydrogen-bond acceptors (Lipinski definition) is 4. The van der Waals surface area contributed by atoms with Crippen molar-refractivity contribution in [3.05, 3.63) is 64.7 Å². The highest BCUT2D eigenvalue weighted by Crippen LogP contribution is 2.36. The minimum atomic E-state index is 0.162. The maximum atomic E-state index is 9.50. The molecule has 0 saturated heterocycles. The van der Waals surface area contributed by atoms with Gasteiger partial charge >= 0.3 is 0 Å². The molecular formula is C19H14ClN3O. The first kappa shape index (κ1) is 15.9. The Labute approximate surface area is 144 Å². The van der Waals surface area contributed by atoms with Gasteiger partial charge in [0.15, 0.2) is 0 Å². The van der Waals surface area contributed by atoms with Gasteiger partial charge < -0.3 is 10.8 Å². The van der Waals surface area contributed by atoms with Crippen LogP contribution < -0.4 is 5.73 Å². The zero-order chi connectivity index (χ0) is 17.3. The fourth-order valence-electron chi connectivity index (χ4n) is 2.69. The van der Waals surface area contributed by atoms with E-state index >= 15 is 0 Å². The summed E-state index contributed by atoms with van der Waals surface area (Å²) in [5.74, 6) is 0.339. The molecule has 0 atom stereocenters. The number of hydrogen-bond donors (Lipinski definition) is 2. The smallest absolute Gasteiger partial charge is 0.142 e. The van der Waals surface area contributed by atoms with Gasteiger partial charge in [0.25, 0.3) is 0 Å². The molecule has 118 valence electrons. The van der Waals surface area contributed by atoms with E-state index in [4.69, 9.17) is 17.3 Å². The third-order valence-corrected chi connectivity index (χ3v) is 4.11. The van der Waals surface area contributed by atoms with E-state index in [2.05, 4.69) is 11.1 Å². The fraction of sp³-hybridized carbons (Fsp3) is 0.0526. The van der Waals surface area contributed by atoms with Gasteiger partial charge in [0.1, 0.15) is 23.2 Å². The molecule has 0 radical (unpaired) electrons. The van der Waals surface area contributed by atoms with Gasteiger partial charge in [-0.1, -0.05) is 35.9 Å². The molecule has 0 aliphatic carbocycles. The van der Waals surface area contributed by atoms with Crippen LogP contribution in [0, 0.1) is 18.3 Å². The summed E-state index contributed by atoms with van der Waals surface area (Å²) in [6.07, 6.45) is 0. The molecule has 2 aromatic carbocycles. The lowest BCUT2D eigenvalue weighted by Crippen LogP contribution is -2.03. The van der Waals surface area contributed by atoms with Gasteiger partial charge in [-0.25, -0.2) is 4.98 Å². The molecule has 0 bridgehead atoms. The Balaban J connectivity index is 2.29. The zero-order valence-corrected chi connectivity index (χ0v) is 13.7. The lowest BCUT2D eigenvalue weighted by Gasteiger charge is -2.15. The van der Waals surface area contributed by atoms with Crippen molar-refractivity contribution in [1.82, 2.24) is 4.98 Å². The minimum absolute atomic E-state index is 0.162. The van der Waals surface area contributed by atoms with Crippen LogP contribution in [0.3, 0.4) is 0 Å². The molecular weight excluding hydrogens is 322 g/mol. The first-order valence-corrected chi connectivity index (χ1v) is 7.64. The molecule has 4 nitrogen and oxygen atoms in total. The van der Waals surface area contributed by atoms with Crippen LogP contribution in [0.4, 0.5) is 5.82 Å². The predicted octanol–water partition coefficient (Wildman–Crippen LogP) is 4.54. The van der Waals surface area contributed by atoms with Crippen molar-refractivity contribution < 1.29 is 5.11 Å². The number of anilines is 1. The number of nitriles is 1. The Morgan fingerprint density at radius 2 is 1.62 bits per heavy atom. The third-order valence-electron chi connectivity index (χ3n) is 3.85. The van der Waals surface area contributed by atoms with E-state index in [1.54, 1.807) is 36.4 Å². The van der Waals surface area contributed by atoms with Gasteiger partial charge in [0, 0.05) is 16.1 Å². The van der Waals surface area contributed by atoms with Crippen LogP contribution in [-0.2, 0) is 0 Å². The second kappa shape index (κ2) is 6.23. The van der Waals surface area contributed by atoms with Crippen LogP contribution in [0.5, 0.6) is 5.75 Å². The number of halogens is 1. The van der Waals surface area contributed by atoms with Crippen molar-refractivity contribution in [2.45, 2.75) is 6.92 Å².